The van der Waals surface area contributed by atoms with Gasteiger partial charge in [0.2, 0.25) is 0 Å². The molecule has 1 N–H and O–H groups in total. The van der Waals surface area contributed by atoms with Crippen LogP contribution in [0.2, 0.25) is 0 Å². The van der Waals surface area contributed by atoms with Gasteiger partial charge in [0, 0.05) is 19.8 Å². The highest BCUT2D eigenvalue weighted by molar-refractivity contribution is 7.90. The number of aromatic carboxylic acids is 1. The van der Waals surface area contributed by atoms with E-state index in [1.807, 2.05) is 13.8 Å². The van der Waals surface area contributed by atoms with E-state index in [0.29, 0.717) is 24.1 Å². The molecule has 21 heavy (non-hydrogen) atoms. The molecule has 0 aliphatic heterocycles. The molecule has 1 aromatic rings. The number of rotatable bonds is 7. The largest absolute Gasteiger partial charge is 0.478 e. The summed E-state index contributed by atoms with van der Waals surface area (Å²) >= 11 is 0. The van der Waals surface area contributed by atoms with Crippen LogP contribution in [0.15, 0.2) is 0 Å². The van der Waals surface area contributed by atoms with Crippen molar-refractivity contribution < 1.29 is 18.3 Å². The van der Waals surface area contributed by atoms with Gasteiger partial charge in [0.1, 0.15) is 15.4 Å². The third-order valence-electron chi connectivity index (χ3n) is 3.20. The summed E-state index contributed by atoms with van der Waals surface area (Å²) in [6, 6.07) is 0. The molecule has 0 bridgehead atoms. The quantitative estimate of drug-likeness (QED) is 0.793. The predicted octanol–water partition coefficient (Wildman–Crippen LogP) is 0.780. The van der Waals surface area contributed by atoms with Gasteiger partial charge in [-0.2, -0.15) is 5.10 Å². The molecule has 0 aliphatic carbocycles. The van der Waals surface area contributed by atoms with E-state index in [4.69, 9.17) is 0 Å². The summed E-state index contributed by atoms with van der Waals surface area (Å²) < 4.78 is 22.5. The van der Waals surface area contributed by atoms with Crippen LogP contribution >= 0.6 is 0 Å². The van der Waals surface area contributed by atoms with E-state index >= 15 is 0 Å². The van der Waals surface area contributed by atoms with Crippen LogP contribution in [0.4, 0.5) is 5.82 Å². The van der Waals surface area contributed by atoms with Crippen LogP contribution in [-0.2, 0) is 22.7 Å². The molecule has 0 fully saturated rings. The van der Waals surface area contributed by atoms with Crippen molar-refractivity contribution in [2.24, 2.45) is 0 Å². The fourth-order valence-electron chi connectivity index (χ4n) is 2.06. The van der Waals surface area contributed by atoms with E-state index in [9.17, 15) is 18.3 Å². The highest BCUT2D eigenvalue weighted by Crippen LogP contribution is 2.23. The Balaban J connectivity index is 3.26. The summed E-state index contributed by atoms with van der Waals surface area (Å²) in [5.74, 6) is -0.931. The molecule has 0 aromatic carbocycles. The SMILES string of the molecule is CCc1nnc(N(C)CCS(C)(=O)=O)c(C(=O)O)c1CC. The minimum Gasteiger partial charge on any atom is -0.478 e. The second-order valence-electron chi connectivity index (χ2n) is 4.89. The van der Waals surface area contributed by atoms with Crippen molar-refractivity contribution in [2.75, 3.05) is 30.5 Å². The number of aryl methyl sites for hydroxylation is 1. The Morgan fingerprint density at radius 3 is 2.29 bits per heavy atom. The Labute approximate surface area is 124 Å². The van der Waals surface area contributed by atoms with Crippen LogP contribution in [0.25, 0.3) is 0 Å². The van der Waals surface area contributed by atoms with Crippen molar-refractivity contribution in [3.05, 3.63) is 16.8 Å². The summed E-state index contributed by atoms with van der Waals surface area (Å²) in [6.07, 6.45) is 2.28. The second-order valence-corrected chi connectivity index (χ2v) is 7.15. The third-order valence-corrected chi connectivity index (χ3v) is 4.12. The number of hydrogen-bond donors (Lipinski definition) is 1. The summed E-state index contributed by atoms with van der Waals surface area (Å²) in [7, 11) is -1.51. The maximum Gasteiger partial charge on any atom is 0.339 e. The Bertz CT molecular complexity index is 629. The molecule has 1 rings (SSSR count). The maximum absolute atomic E-state index is 11.6. The van der Waals surface area contributed by atoms with Crippen LogP contribution in [0.3, 0.4) is 0 Å². The number of nitrogens with zero attached hydrogens (tertiary/aromatic N) is 3. The zero-order chi connectivity index (χ0) is 16.2. The van der Waals surface area contributed by atoms with Gasteiger partial charge in [-0.3, -0.25) is 0 Å². The molecule has 0 spiro atoms. The minimum absolute atomic E-state index is 0.0682. The second kappa shape index (κ2) is 6.84. The zero-order valence-electron chi connectivity index (χ0n) is 12.8. The predicted molar refractivity (Wildman–Crippen MR) is 80.7 cm³/mol. The van der Waals surface area contributed by atoms with Gasteiger partial charge in [0.05, 0.1) is 11.4 Å². The molecule has 0 saturated heterocycles. The van der Waals surface area contributed by atoms with Gasteiger partial charge in [-0.15, -0.1) is 5.10 Å². The van der Waals surface area contributed by atoms with Crippen molar-refractivity contribution in [3.8, 4) is 0 Å². The Hall–Kier alpha value is -1.70. The molecule has 0 atom stereocenters. The molecule has 0 radical (unpaired) electrons. The highest BCUT2D eigenvalue weighted by Gasteiger charge is 2.23. The van der Waals surface area contributed by atoms with E-state index < -0.39 is 15.8 Å². The number of anilines is 1. The first kappa shape index (κ1) is 17.4. The molecule has 8 heteroatoms. The summed E-state index contributed by atoms with van der Waals surface area (Å²) in [5.41, 5.74) is 1.43. The fourth-order valence-corrected chi connectivity index (χ4v) is 2.67. The lowest BCUT2D eigenvalue weighted by molar-refractivity contribution is 0.0695. The zero-order valence-corrected chi connectivity index (χ0v) is 13.6. The van der Waals surface area contributed by atoms with Gasteiger partial charge in [-0.25, -0.2) is 13.2 Å². The van der Waals surface area contributed by atoms with Crippen molar-refractivity contribution in [2.45, 2.75) is 26.7 Å². The van der Waals surface area contributed by atoms with Gasteiger partial charge in [-0.1, -0.05) is 13.8 Å². The van der Waals surface area contributed by atoms with Crippen molar-refractivity contribution >= 4 is 21.6 Å². The van der Waals surface area contributed by atoms with Crippen LogP contribution in [0.5, 0.6) is 0 Å². The molecule has 0 aliphatic rings. The Kier molecular flexibility index (Phi) is 5.65. The lowest BCUT2D eigenvalue weighted by atomic mass is 10.0. The van der Waals surface area contributed by atoms with Gasteiger partial charge in [-0.05, 0) is 18.4 Å². The molecule has 0 amide bonds. The fraction of sp³-hybridized carbons (Fsp3) is 0.615. The normalized spacial score (nSPS) is 11.4. The van der Waals surface area contributed by atoms with Gasteiger partial charge in [0.25, 0.3) is 0 Å². The molecular weight excluding hydrogens is 294 g/mol. The van der Waals surface area contributed by atoms with Crippen LogP contribution in [-0.4, -0.2) is 55.3 Å². The van der Waals surface area contributed by atoms with E-state index in [2.05, 4.69) is 10.2 Å². The van der Waals surface area contributed by atoms with Gasteiger partial charge in [0.15, 0.2) is 5.82 Å². The van der Waals surface area contributed by atoms with Crippen molar-refractivity contribution in [1.29, 1.82) is 0 Å². The van der Waals surface area contributed by atoms with E-state index in [1.54, 1.807) is 7.05 Å². The molecule has 1 aromatic heterocycles. The summed E-state index contributed by atoms with van der Waals surface area (Å²) in [4.78, 5) is 13.1. The molecule has 0 unspecified atom stereocenters. The van der Waals surface area contributed by atoms with Crippen molar-refractivity contribution in [3.63, 3.8) is 0 Å². The van der Waals surface area contributed by atoms with Crippen LogP contribution in [0.1, 0.15) is 35.5 Å². The summed E-state index contributed by atoms with van der Waals surface area (Å²) in [6.45, 7) is 3.92. The van der Waals surface area contributed by atoms with Crippen LogP contribution in [0, 0.1) is 0 Å². The average Bonchev–Trinajstić information content (AvgIpc) is 2.41. The molecule has 118 valence electrons. The molecule has 7 nitrogen and oxygen atoms in total. The first-order chi connectivity index (χ1) is 9.71. The van der Waals surface area contributed by atoms with Crippen molar-refractivity contribution in [1.82, 2.24) is 10.2 Å². The standard InChI is InChI=1S/C13H21N3O4S/c1-5-9-10(6-2)14-15-12(11(9)13(17)18)16(3)7-8-21(4,19)20/h5-8H2,1-4H3,(H,17,18). The first-order valence-electron chi connectivity index (χ1n) is 6.71. The van der Waals surface area contributed by atoms with Gasteiger partial charge < -0.3 is 10.0 Å². The smallest absolute Gasteiger partial charge is 0.339 e. The first-order valence-corrected chi connectivity index (χ1v) is 8.77. The highest BCUT2D eigenvalue weighted by atomic mass is 32.2. The Morgan fingerprint density at radius 1 is 1.24 bits per heavy atom. The van der Waals surface area contributed by atoms with E-state index in [-0.39, 0.29) is 23.7 Å². The Morgan fingerprint density at radius 2 is 1.86 bits per heavy atom. The van der Waals surface area contributed by atoms with Gasteiger partial charge >= 0.3 is 5.97 Å². The lowest BCUT2D eigenvalue weighted by Gasteiger charge is -2.21. The number of carboxylic acids is 1. The number of sulfone groups is 1. The number of carbonyl (C=O) groups is 1. The van der Waals surface area contributed by atoms with Crippen LogP contribution < -0.4 is 4.90 Å². The minimum atomic E-state index is -3.13. The average molecular weight is 315 g/mol. The maximum atomic E-state index is 11.6. The molecular formula is C13H21N3O4S. The number of aromatic nitrogens is 2. The molecule has 0 saturated carbocycles. The summed E-state index contributed by atoms with van der Waals surface area (Å²) in [5, 5.41) is 17.5. The third kappa shape index (κ3) is 4.38. The monoisotopic (exact) mass is 315 g/mol. The van der Waals surface area contributed by atoms with E-state index in [0.717, 1.165) is 6.26 Å². The molecule has 1 heterocycles. The van der Waals surface area contributed by atoms with E-state index in [1.165, 1.54) is 4.90 Å². The topological polar surface area (TPSA) is 100 Å². The lowest BCUT2D eigenvalue weighted by Crippen LogP contribution is -2.28. The number of carboxylic acid groups (broad SMARTS) is 1. The number of hydrogen-bond acceptors (Lipinski definition) is 6.